The van der Waals surface area contributed by atoms with E-state index in [-0.39, 0.29) is 11.2 Å². The van der Waals surface area contributed by atoms with Crippen molar-refractivity contribution in [1.82, 2.24) is 18.7 Å². The van der Waals surface area contributed by atoms with Gasteiger partial charge in [0, 0.05) is 14.1 Å². The van der Waals surface area contributed by atoms with Crippen LogP contribution in [0.5, 0.6) is 11.5 Å². The van der Waals surface area contributed by atoms with Gasteiger partial charge < -0.3 is 19.4 Å². The van der Waals surface area contributed by atoms with Gasteiger partial charge in [0.05, 0.1) is 12.0 Å². The van der Waals surface area contributed by atoms with Crippen molar-refractivity contribution in [3.63, 3.8) is 0 Å². The number of esters is 1. The average molecular weight is 477 g/mol. The van der Waals surface area contributed by atoms with Crippen molar-refractivity contribution in [2.45, 2.75) is 13.5 Å². The first kappa shape index (κ1) is 23.5. The number of amides is 1. The number of aryl methyl sites for hydroxylation is 3. The number of fused-ring (bicyclic) bond motifs is 1. The Bertz CT molecular complexity index is 1530. The van der Waals surface area contributed by atoms with Crippen LogP contribution in [0.1, 0.15) is 5.56 Å². The molecule has 180 valence electrons. The van der Waals surface area contributed by atoms with Crippen LogP contribution in [-0.4, -0.2) is 37.2 Å². The van der Waals surface area contributed by atoms with Gasteiger partial charge in [-0.15, -0.1) is 0 Å². The van der Waals surface area contributed by atoms with Crippen LogP contribution in [-0.2, 0) is 35.0 Å². The molecule has 0 spiro atoms. The molecule has 0 fully saturated rings. The molecule has 4 aromatic rings. The predicted octanol–water partition coefficient (Wildman–Crippen LogP) is 1.72. The van der Waals surface area contributed by atoms with Gasteiger partial charge in [0.25, 0.3) is 11.5 Å². The van der Waals surface area contributed by atoms with Crippen LogP contribution >= 0.6 is 0 Å². The van der Waals surface area contributed by atoms with Crippen LogP contribution < -0.4 is 21.3 Å². The summed E-state index contributed by atoms with van der Waals surface area (Å²) in [6.45, 7) is 0.707. The fourth-order valence-electron chi connectivity index (χ4n) is 3.43. The molecule has 0 unspecified atom stereocenters. The highest BCUT2D eigenvalue weighted by Crippen LogP contribution is 2.29. The van der Waals surface area contributed by atoms with E-state index in [0.717, 1.165) is 10.1 Å². The maximum absolute atomic E-state index is 12.7. The molecule has 4 rings (SSSR count). The van der Waals surface area contributed by atoms with E-state index in [4.69, 9.17) is 9.47 Å². The SMILES string of the molecule is Cc1ccc(Oc2ccccc2NC(=O)COC(=O)Cn2c(=O)c3c(ncn3C)n(C)c2=O)cc1. The van der Waals surface area contributed by atoms with E-state index >= 15 is 0 Å². The molecule has 0 radical (unpaired) electrons. The lowest BCUT2D eigenvalue weighted by atomic mass is 10.2. The van der Waals surface area contributed by atoms with Crippen molar-refractivity contribution in [2.24, 2.45) is 14.1 Å². The first-order valence-electron chi connectivity index (χ1n) is 10.6. The number of ether oxygens (including phenoxy) is 2. The molecule has 0 aliphatic carbocycles. The molecule has 11 heteroatoms. The number of hydrogen-bond donors (Lipinski definition) is 1. The Morgan fingerprint density at radius 1 is 1.03 bits per heavy atom. The molecular formula is C24H23N5O6. The maximum atomic E-state index is 12.7. The number of carbonyl (C=O) groups is 2. The quantitative estimate of drug-likeness (QED) is 0.402. The molecule has 0 aliphatic rings. The van der Waals surface area contributed by atoms with E-state index in [0.29, 0.717) is 17.2 Å². The molecule has 35 heavy (non-hydrogen) atoms. The molecule has 2 aromatic carbocycles. The molecule has 0 saturated heterocycles. The van der Waals surface area contributed by atoms with Gasteiger partial charge in [-0.25, -0.2) is 14.3 Å². The minimum absolute atomic E-state index is 0.169. The Morgan fingerprint density at radius 3 is 2.49 bits per heavy atom. The molecule has 11 nitrogen and oxygen atoms in total. The zero-order valence-electron chi connectivity index (χ0n) is 19.3. The lowest BCUT2D eigenvalue weighted by Crippen LogP contribution is -2.41. The third-order valence-electron chi connectivity index (χ3n) is 5.26. The van der Waals surface area contributed by atoms with Crippen LogP contribution in [0.3, 0.4) is 0 Å². The Balaban J connectivity index is 1.41. The number of nitrogens with zero attached hydrogens (tertiary/aromatic N) is 4. The van der Waals surface area contributed by atoms with E-state index in [1.807, 2.05) is 31.2 Å². The Morgan fingerprint density at radius 2 is 1.74 bits per heavy atom. The summed E-state index contributed by atoms with van der Waals surface area (Å²) >= 11 is 0. The Hall–Kier alpha value is -4.67. The third-order valence-corrected chi connectivity index (χ3v) is 5.26. The fourth-order valence-corrected chi connectivity index (χ4v) is 3.43. The van der Waals surface area contributed by atoms with E-state index in [1.54, 1.807) is 31.3 Å². The van der Waals surface area contributed by atoms with Crippen molar-refractivity contribution >= 4 is 28.7 Å². The number of imidazole rings is 1. The second-order valence-corrected chi connectivity index (χ2v) is 7.88. The molecule has 2 heterocycles. The molecule has 0 saturated carbocycles. The number of hydrogen-bond acceptors (Lipinski definition) is 7. The lowest BCUT2D eigenvalue weighted by Gasteiger charge is -2.13. The van der Waals surface area contributed by atoms with Crippen molar-refractivity contribution in [2.75, 3.05) is 11.9 Å². The Labute approximate surface area is 199 Å². The molecule has 2 aromatic heterocycles. The maximum Gasteiger partial charge on any atom is 0.333 e. The van der Waals surface area contributed by atoms with E-state index in [2.05, 4.69) is 10.3 Å². The summed E-state index contributed by atoms with van der Waals surface area (Å²) in [5.41, 5.74) is 0.458. The van der Waals surface area contributed by atoms with Gasteiger partial charge in [0.2, 0.25) is 0 Å². The van der Waals surface area contributed by atoms with Gasteiger partial charge in [0.15, 0.2) is 23.5 Å². The van der Waals surface area contributed by atoms with Crippen LogP contribution in [0, 0.1) is 6.92 Å². The summed E-state index contributed by atoms with van der Waals surface area (Å²) < 4.78 is 14.2. The summed E-state index contributed by atoms with van der Waals surface area (Å²) in [5.74, 6) is -0.512. The smallest absolute Gasteiger partial charge is 0.333 e. The number of para-hydroxylation sites is 2. The first-order chi connectivity index (χ1) is 16.7. The molecule has 1 amide bonds. The Kier molecular flexibility index (Phi) is 6.49. The van der Waals surface area contributed by atoms with Crippen LogP contribution in [0.15, 0.2) is 64.4 Å². The van der Waals surface area contributed by atoms with E-state index in [9.17, 15) is 19.2 Å². The molecule has 0 aliphatic heterocycles. The number of aromatic nitrogens is 4. The van der Waals surface area contributed by atoms with Crippen molar-refractivity contribution < 1.29 is 19.1 Å². The van der Waals surface area contributed by atoms with Gasteiger partial charge in [-0.3, -0.25) is 19.0 Å². The van der Waals surface area contributed by atoms with Crippen LogP contribution in [0.4, 0.5) is 5.69 Å². The minimum Gasteiger partial charge on any atom is -0.455 e. The lowest BCUT2D eigenvalue weighted by molar-refractivity contribution is -0.148. The van der Waals surface area contributed by atoms with Crippen molar-refractivity contribution in [1.29, 1.82) is 0 Å². The summed E-state index contributed by atoms with van der Waals surface area (Å²) in [5, 5.41) is 2.63. The summed E-state index contributed by atoms with van der Waals surface area (Å²) in [6, 6.07) is 14.3. The second kappa shape index (κ2) is 9.67. The van der Waals surface area contributed by atoms with Crippen molar-refractivity contribution in [3.8, 4) is 11.5 Å². The monoisotopic (exact) mass is 477 g/mol. The number of anilines is 1. The normalized spacial score (nSPS) is 10.8. The summed E-state index contributed by atoms with van der Waals surface area (Å²) in [6.07, 6.45) is 1.40. The second-order valence-electron chi connectivity index (χ2n) is 7.88. The first-order valence-corrected chi connectivity index (χ1v) is 10.6. The van der Waals surface area contributed by atoms with Gasteiger partial charge >= 0.3 is 11.7 Å². The fraction of sp³-hybridized carbons (Fsp3) is 0.208. The summed E-state index contributed by atoms with van der Waals surface area (Å²) in [7, 11) is 3.05. The zero-order valence-corrected chi connectivity index (χ0v) is 19.3. The van der Waals surface area contributed by atoms with Gasteiger partial charge in [-0.2, -0.15) is 0 Å². The number of benzene rings is 2. The zero-order chi connectivity index (χ0) is 25.1. The number of nitrogens with one attached hydrogen (secondary N) is 1. The molecule has 0 bridgehead atoms. The highest BCUT2D eigenvalue weighted by atomic mass is 16.5. The summed E-state index contributed by atoms with van der Waals surface area (Å²) in [4.78, 5) is 54.0. The topological polar surface area (TPSA) is 126 Å². The largest absolute Gasteiger partial charge is 0.455 e. The van der Waals surface area contributed by atoms with E-state index in [1.165, 1.54) is 22.5 Å². The van der Waals surface area contributed by atoms with E-state index < -0.39 is 36.3 Å². The number of carbonyl (C=O) groups excluding carboxylic acids is 2. The minimum atomic E-state index is -0.912. The average Bonchev–Trinajstić information content (AvgIpc) is 3.23. The van der Waals surface area contributed by atoms with Gasteiger partial charge in [-0.05, 0) is 31.2 Å². The van der Waals surface area contributed by atoms with Crippen LogP contribution in [0.2, 0.25) is 0 Å². The highest BCUT2D eigenvalue weighted by molar-refractivity contribution is 5.94. The van der Waals surface area contributed by atoms with Gasteiger partial charge in [0.1, 0.15) is 12.3 Å². The third kappa shape index (κ3) is 4.98. The van der Waals surface area contributed by atoms with Gasteiger partial charge in [-0.1, -0.05) is 29.8 Å². The van der Waals surface area contributed by atoms with Crippen LogP contribution in [0.25, 0.3) is 11.2 Å². The predicted molar refractivity (Wildman–Crippen MR) is 127 cm³/mol. The molecule has 1 N–H and O–H groups in total. The number of rotatable bonds is 7. The standard InChI is InChI=1S/C24H23N5O6/c1-15-8-10-16(11-9-15)35-18-7-5-4-6-17(18)26-19(30)13-34-20(31)12-29-23(32)21-22(25-14-27(21)2)28(3)24(29)33/h4-11,14H,12-13H2,1-3H3,(H,26,30). The van der Waals surface area contributed by atoms with Crippen molar-refractivity contribution in [3.05, 3.63) is 81.3 Å². The highest BCUT2D eigenvalue weighted by Gasteiger charge is 2.18. The molecular weight excluding hydrogens is 454 g/mol. The molecule has 0 atom stereocenters.